The molecule has 62 valence electrons. The van der Waals surface area contributed by atoms with Crippen LogP contribution < -0.4 is 5.73 Å². The molecule has 0 saturated heterocycles. The average Bonchev–Trinajstić information content (AvgIpc) is 2.04. The Kier molecular flexibility index (Phi) is 2.79. The number of methoxy groups -OCH3 is 1. The zero-order valence-corrected chi connectivity index (χ0v) is 6.78. The molecule has 1 aromatic heterocycles. The minimum absolute atomic E-state index is 0.239. The van der Waals surface area contributed by atoms with Crippen LogP contribution in [0.3, 0.4) is 0 Å². The molecule has 1 aromatic rings. The van der Waals surface area contributed by atoms with Crippen LogP contribution in [0.25, 0.3) is 0 Å². The van der Waals surface area contributed by atoms with Crippen LogP contribution in [0, 0.1) is 0 Å². The molecule has 2 N–H and O–H groups in total. The molecule has 4 nitrogen and oxygen atoms in total. The van der Waals surface area contributed by atoms with Gasteiger partial charge in [0.1, 0.15) is 0 Å². The van der Waals surface area contributed by atoms with E-state index in [1.807, 2.05) is 0 Å². The second kappa shape index (κ2) is 3.85. The summed E-state index contributed by atoms with van der Waals surface area (Å²) in [5, 5.41) is 0. The van der Waals surface area contributed by atoms with Crippen LogP contribution in [-0.4, -0.2) is 25.0 Å². The summed E-state index contributed by atoms with van der Waals surface area (Å²) >= 11 is 0. The van der Waals surface area contributed by atoms with Crippen LogP contribution in [0.2, 0.25) is 0 Å². The maximum absolute atomic E-state index is 10.8. The zero-order valence-electron chi connectivity index (χ0n) is 6.78. The summed E-state index contributed by atoms with van der Waals surface area (Å²) in [7, 11) is 1.35. The molecule has 0 amide bonds. The summed E-state index contributed by atoms with van der Waals surface area (Å²) in [5.74, 6) is 0.136. The summed E-state index contributed by atoms with van der Waals surface area (Å²) in [5.41, 5.74) is 6.23. The van der Waals surface area contributed by atoms with Gasteiger partial charge in [-0.25, -0.2) is 0 Å². The number of esters is 1. The van der Waals surface area contributed by atoms with Gasteiger partial charge in [0.2, 0.25) is 0 Å². The quantitative estimate of drug-likeness (QED) is 0.610. The van der Waals surface area contributed by atoms with Gasteiger partial charge in [0.05, 0.1) is 0 Å². The van der Waals surface area contributed by atoms with E-state index in [-0.39, 0.29) is 12.4 Å². The molecule has 0 radical (unpaired) electrons. The number of anilines is 1. The second-order valence-electron chi connectivity index (χ2n) is 2.34. The van der Waals surface area contributed by atoms with Crippen molar-refractivity contribution in [2.75, 3.05) is 12.8 Å². The maximum atomic E-state index is 10.8. The van der Waals surface area contributed by atoms with Crippen LogP contribution in [0.1, 0.15) is 5.46 Å². The number of hydrogen-bond donors (Lipinski definition) is 1. The Morgan fingerprint density at radius 2 is 2.58 bits per heavy atom. The predicted molar refractivity (Wildman–Crippen MR) is 45.7 cm³/mol. The van der Waals surface area contributed by atoms with Gasteiger partial charge in [-0.2, -0.15) is 0 Å². The third-order valence-corrected chi connectivity index (χ3v) is 1.42. The number of carbonyl (C=O) groups is 1. The van der Waals surface area contributed by atoms with Gasteiger partial charge in [0.15, 0.2) is 0 Å². The van der Waals surface area contributed by atoms with Gasteiger partial charge in [-0.3, -0.25) is 0 Å². The number of aromatic nitrogens is 1. The van der Waals surface area contributed by atoms with Gasteiger partial charge in [-0.1, -0.05) is 0 Å². The molecule has 5 heteroatoms. The monoisotopic (exact) mass is 164 g/mol. The number of nitrogens with zero attached hydrogens (tertiary/aromatic N) is 1. The number of nitrogens with two attached hydrogens (primary N) is 1. The van der Waals surface area contributed by atoms with Gasteiger partial charge < -0.3 is 0 Å². The van der Waals surface area contributed by atoms with E-state index in [1.165, 1.54) is 7.11 Å². The molecule has 0 saturated carbocycles. The van der Waals surface area contributed by atoms with Crippen LogP contribution in [0.15, 0.2) is 12.2 Å². The first-order valence-corrected chi connectivity index (χ1v) is 3.49. The summed E-state index contributed by atoms with van der Waals surface area (Å²) in [6.07, 6.45) is 1.80. The molecule has 12 heavy (non-hydrogen) atoms. The van der Waals surface area contributed by atoms with E-state index >= 15 is 0 Å². The van der Waals surface area contributed by atoms with Crippen LogP contribution >= 0.6 is 0 Å². The molecule has 0 aliphatic heterocycles. The fraction of sp³-hybridized carbons (Fsp3) is 0.286. The van der Waals surface area contributed by atoms with Crippen molar-refractivity contribution in [1.29, 1.82) is 0 Å². The van der Waals surface area contributed by atoms with Crippen molar-refractivity contribution in [3.63, 3.8) is 0 Å². The molecule has 1 rings (SSSR count). The Hall–Kier alpha value is -1.39. The van der Waals surface area contributed by atoms with Crippen molar-refractivity contribution in [3.8, 4) is 0 Å². The Labute approximate surface area is 71.0 Å². The van der Waals surface area contributed by atoms with Gasteiger partial charge in [0.25, 0.3) is 0 Å². The molecule has 0 unspecified atom stereocenters. The van der Waals surface area contributed by atoms with E-state index in [1.54, 1.807) is 19.1 Å². The molecule has 0 atom stereocenters. The van der Waals surface area contributed by atoms with Crippen LogP contribution in [-0.2, 0) is 16.0 Å². The van der Waals surface area contributed by atoms with Crippen LogP contribution in [0.4, 0.5) is 5.82 Å². The normalized spacial score (nSPS) is 9.08. The molecular weight excluding hydrogens is 155 g/mol. The summed E-state index contributed by atoms with van der Waals surface area (Å²) in [6.45, 7) is 1.73. The van der Waals surface area contributed by atoms with Crippen molar-refractivity contribution in [2.24, 2.45) is 0 Å². The van der Waals surface area contributed by atoms with E-state index in [9.17, 15) is 4.79 Å². The van der Waals surface area contributed by atoms with E-state index in [0.717, 1.165) is 5.46 Å². The first-order valence-electron chi connectivity index (χ1n) is 3.49. The average molecular weight is 164 g/mol. The molecule has 0 aromatic carbocycles. The first kappa shape index (κ1) is 8.71. The first-order chi connectivity index (χ1) is 5.72. The Morgan fingerprint density at radius 3 is 3.17 bits per heavy atom. The standard InChI is InChI=1S/C7H9BN2O2/c1-12-7(11)3-5-2-6(9)10-4-8-5/h2,4H,3H2,1H3,(H2,9,10). The molecule has 1 heterocycles. The number of carbonyl (C=O) groups excluding carboxylic acids is 1. The molecular formula is C7H9BN2O2. The van der Waals surface area contributed by atoms with Crippen molar-refractivity contribution in [3.05, 3.63) is 17.6 Å². The topological polar surface area (TPSA) is 65.2 Å². The SMILES string of the molecule is COC(=O)Cc1bcnc(N)c1. The minimum atomic E-state index is -0.277. The number of rotatable bonds is 2. The molecule has 0 bridgehead atoms. The second-order valence-corrected chi connectivity index (χ2v) is 2.34. The van der Waals surface area contributed by atoms with E-state index in [2.05, 4.69) is 9.72 Å². The number of hydrogen-bond acceptors (Lipinski definition) is 4. The van der Waals surface area contributed by atoms with Gasteiger partial charge in [-0.15, -0.1) is 0 Å². The predicted octanol–water partition coefficient (Wildman–Crippen LogP) is -0.283. The fourth-order valence-corrected chi connectivity index (χ4v) is 0.843. The van der Waals surface area contributed by atoms with Gasteiger partial charge >= 0.3 is 70.1 Å². The molecule has 0 aliphatic carbocycles. The summed E-state index contributed by atoms with van der Waals surface area (Å²) in [6, 6.07) is 1.65. The van der Waals surface area contributed by atoms with Gasteiger partial charge in [0, 0.05) is 0 Å². The number of ether oxygens (including phenoxy) is 1. The van der Waals surface area contributed by atoms with E-state index in [4.69, 9.17) is 5.73 Å². The molecule has 0 spiro atoms. The van der Waals surface area contributed by atoms with Gasteiger partial charge in [-0.05, 0) is 0 Å². The summed E-state index contributed by atoms with van der Waals surface area (Å²) in [4.78, 5) is 14.6. The van der Waals surface area contributed by atoms with E-state index in [0.29, 0.717) is 5.82 Å². The van der Waals surface area contributed by atoms with E-state index < -0.39 is 0 Å². The van der Waals surface area contributed by atoms with Crippen molar-refractivity contribution in [2.45, 2.75) is 6.42 Å². The third-order valence-electron chi connectivity index (χ3n) is 1.42. The van der Waals surface area contributed by atoms with Crippen molar-refractivity contribution >= 4 is 18.7 Å². The molecule has 0 aliphatic rings. The molecule has 0 fully saturated rings. The fourth-order valence-electron chi connectivity index (χ4n) is 0.843. The Bertz CT molecular complexity index is 290. The Morgan fingerprint density at radius 1 is 1.83 bits per heavy atom. The van der Waals surface area contributed by atoms with Crippen LogP contribution in [0.5, 0.6) is 0 Å². The number of nitrogen functional groups attached to an aromatic ring is 1. The van der Waals surface area contributed by atoms with Crippen molar-refractivity contribution < 1.29 is 9.53 Å². The van der Waals surface area contributed by atoms with Crippen molar-refractivity contribution in [1.82, 2.24) is 4.98 Å². The third kappa shape index (κ3) is 2.34. The zero-order chi connectivity index (χ0) is 8.97. The Balaban J connectivity index is 2.69. The summed E-state index contributed by atoms with van der Waals surface area (Å²) < 4.78 is 4.49.